The molecule has 0 unspecified atom stereocenters. The number of ether oxygens (including phenoxy) is 2. The van der Waals surface area contributed by atoms with Gasteiger partial charge in [-0.3, -0.25) is 9.69 Å². The van der Waals surface area contributed by atoms with Gasteiger partial charge in [-0.05, 0) is 48.2 Å². The van der Waals surface area contributed by atoms with Crippen LogP contribution in [-0.2, 0) is 4.79 Å². The van der Waals surface area contributed by atoms with E-state index in [1.54, 1.807) is 51.6 Å². The highest BCUT2D eigenvalue weighted by atomic mass is 35.5. The van der Waals surface area contributed by atoms with Crippen molar-refractivity contribution in [3.63, 3.8) is 0 Å². The molecule has 0 saturated carbocycles. The number of hydrogen-bond donors (Lipinski definition) is 1. The van der Waals surface area contributed by atoms with Crippen molar-refractivity contribution in [3.8, 4) is 11.5 Å². The minimum absolute atomic E-state index is 0.0516. The fourth-order valence-electron chi connectivity index (χ4n) is 2.59. The van der Waals surface area contributed by atoms with Crippen LogP contribution in [0.25, 0.3) is 6.08 Å². The number of benzene rings is 2. The molecule has 0 aliphatic carbocycles. The number of amidine groups is 1. The maximum atomic E-state index is 12.6. The van der Waals surface area contributed by atoms with Gasteiger partial charge in [-0.2, -0.15) is 0 Å². The van der Waals surface area contributed by atoms with Crippen molar-refractivity contribution in [1.82, 2.24) is 4.90 Å². The number of carboxylic acid groups (broad SMARTS) is 1. The van der Waals surface area contributed by atoms with Gasteiger partial charge in [0.25, 0.3) is 5.91 Å². The van der Waals surface area contributed by atoms with E-state index < -0.39 is 5.97 Å². The van der Waals surface area contributed by atoms with Gasteiger partial charge in [0.05, 0.1) is 35.4 Å². The smallest absolute Gasteiger partial charge is 0.337 e. The number of thioether (sulfide) groups is 1. The molecule has 0 spiro atoms. The summed E-state index contributed by atoms with van der Waals surface area (Å²) in [5.74, 6) is -0.153. The van der Waals surface area contributed by atoms with Crippen molar-refractivity contribution in [2.24, 2.45) is 4.99 Å². The van der Waals surface area contributed by atoms with Crippen LogP contribution in [0.1, 0.15) is 15.9 Å². The SMILES string of the molecule is COc1ccc(C=C2SC(=Nc3ccc(Cl)c(C(=O)O)c3)N(C)C2=O)c(OC)c1. The molecule has 1 aliphatic heterocycles. The number of carboxylic acids is 1. The number of methoxy groups -OCH3 is 2. The van der Waals surface area contributed by atoms with Gasteiger partial charge < -0.3 is 14.6 Å². The quantitative estimate of drug-likeness (QED) is 0.709. The largest absolute Gasteiger partial charge is 0.497 e. The molecule has 7 nitrogen and oxygen atoms in total. The van der Waals surface area contributed by atoms with E-state index in [0.717, 1.165) is 5.56 Å². The lowest BCUT2D eigenvalue weighted by Crippen LogP contribution is -2.23. The van der Waals surface area contributed by atoms with Gasteiger partial charge in [0.1, 0.15) is 11.5 Å². The number of amides is 1. The number of carbonyl (C=O) groups excluding carboxylic acids is 1. The molecular formula is C20H17ClN2O5S. The minimum Gasteiger partial charge on any atom is -0.497 e. The van der Waals surface area contributed by atoms with Gasteiger partial charge in [-0.15, -0.1) is 0 Å². The predicted octanol–water partition coefficient (Wildman–Crippen LogP) is 4.29. The van der Waals surface area contributed by atoms with Crippen molar-refractivity contribution in [3.05, 3.63) is 57.5 Å². The third-order valence-electron chi connectivity index (χ3n) is 4.14. The third-order valence-corrected chi connectivity index (χ3v) is 5.53. The van der Waals surface area contributed by atoms with Crippen LogP contribution < -0.4 is 9.47 Å². The minimum atomic E-state index is -1.15. The first kappa shape index (κ1) is 20.8. The molecule has 3 rings (SSSR count). The standard InChI is InChI=1S/C20H17ClN2O5S/c1-23-18(24)17(8-11-4-6-13(27-2)10-16(11)28-3)29-20(23)22-12-5-7-15(21)14(9-12)19(25)26/h4-10H,1-3H3,(H,25,26). The summed E-state index contributed by atoms with van der Waals surface area (Å²) in [6.45, 7) is 0. The molecule has 1 N–H and O–H groups in total. The molecule has 2 aromatic carbocycles. The Morgan fingerprint density at radius 1 is 1.21 bits per heavy atom. The molecule has 150 valence electrons. The monoisotopic (exact) mass is 432 g/mol. The Morgan fingerprint density at radius 2 is 1.97 bits per heavy atom. The first-order valence-corrected chi connectivity index (χ1v) is 9.54. The van der Waals surface area contributed by atoms with Crippen LogP contribution in [-0.4, -0.2) is 48.3 Å². The highest BCUT2D eigenvalue weighted by Crippen LogP contribution is 2.36. The van der Waals surface area contributed by atoms with Gasteiger partial charge >= 0.3 is 5.97 Å². The van der Waals surface area contributed by atoms with Crippen LogP contribution in [0.2, 0.25) is 5.02 Å². The second kappa shape index (κ2) is 8.59. The topological polar surface area (TPSA) is 88.4 Å². The average Bonchev–Trinajstić information content (AvgIpc) is 2.97. The first-order chi connectivity index (χ1) is 13.8. The van der Waals surface area contributed by atoms with Crippen molar-refractivity contribution in [1.29, 1.82) is 0 Å². The third kappa shape index (κ3) is 4.38. The lowest BCUT2D eigenvalue weighted by molar-refractivity contribution is -0.121. The van der Waals surface area contributed by atoms with E-state index in [9.17, 15) is 14.7 Å². The second-order valence-corrected chi connectivity index (χ2v) is 7.36. The van der Waals surface area contributed by atoms with Crippen LogP contribution >= 0.6 is 23.4 Å². The maximum Gasteiger partial charge on any atom is 0.337 e. The Balaban J connectivity index is 1.94. The molecule has 0 atom stereocenters. The molecule has 29 heavy (non-hydrogen) atoms. The van der Waals surface area contributed by atoms with E-state index in [-0.39, 0.29) is 16.5 Å². The second-order valence-electron chi connectivity index (χ2n) is 5.95. The summed E-state index contributed by atoms with van der Waals surface area (Å²) in [7, 11) is 4.71. The predicted molar refractivity (Wildman–Crippen MR) is 113 cm³/mol. The molecular weight excluding hydrogens is 416 g/mol. The van der Waals surface area contributed by atoms with Gasteiger partial charge in [-0.25, -0.2) is 9.79 Å². The van der Waals surface area contributed by atoms with E-state index in [0.29, 0.717) is 27.3 Å². The van der Waals surface area contributed by atoms with Crippen LogP contribution in [0.3, 0.4) is 0 Å². The van der Waals surface area contributed by atoms with E-state index >= 15 is 0 Å². The van der Waals surface area contributed by atoms with Crippen LogP contribution in [0, 0.1) is 0 Å². The fraction of sp³-hybridized carbons (Fsp3) is 0.150. The number of aromatic carboxylic acids is 1. The highest BCUT2D eigenvalue weighted by molar-refractivity contribution is 8.18. The maximum absolute atomic E-state index is 12.6. The first-order valence-electron chi connectivity index (χ1n) is 8.35. The molecule has 1 fully saturated rings. The van der Waals surface area contributed by atoms with E-state index in [1.165, 1.54) is 28.8 Å². The molecule has 1 heterocycles. The van der Waals surface area contributed by atoms with E-state index in [1.807, 2.05) is 0 Å². The lowest BCUT2D eigenvalue weighted by Gasteiger charge is -2.08. The zero-order chi connectivity index (χ0) is 21.1. The summed E-state index contributed by atoms with van der Waals surface area (Å²) in [4.78, 5) is 30.2. The molecule has 0 bridgehead atoms. The number of nitrogens with zero attached hydrogens (tertiary/aromatic N) is 2. The van der Waals surface area contributed by atoms with Gasteiger partial charge in [0.15, 0.2) is 5.17 Å². The van der Waals surface area contributed by atoms with E-state index in [4.69, 9.17) is 21.1 Å². The van der Waals surface area contributed by atoms with Gasteiger partial charge in [0.2, 0.25) is 0 Å². The number of aliphatic imine (C=N–C) groups is 1. The summed E-state index contributed by atoms with van der Waals surface area (Å²) in [5.41, 5.74) is 1.06. The van der Waals surface area contributed by atoms with Crippen molar-refractivity contribution < 1.29 is 24.2 Å². The molecule has 1 aliphatic rings. The Bertz CT molecular complexity index is 1050. The van der Waals surface area contributed by atoms with Crippen LogP contribution in [0.4, 0.5) is 5.69 Å². The number of carbonyl (C=O) groups is 2. The van der Waals surface area contributed by atoms with Crippen LogP contribution in [0.5, 0.6) is 11.5 Å². The van der Waals surface area contributed by atoms with Gasteiger partial charge in [-0.1, -0.05) is 11.6 Å². The Morgan fingerprint density at radius 3 is 2.62 bits per heavy atom. The fourth-order valence-corrected chi connectivity index (χ4v) is 3.76. The highest BCUT2D eigenvalue weighted by Gasteiger charge is 2.30. The van der Waals surface area contributed by atoms with Crippen LogP contribution in [0.15, 0.2) is 46.3 Å². The number of halogens is 1. The van der Waals surface area contributed by atoms with Gasteiger partial charge in [0, 0.05) is 18.7 Å². The Kier molecular flexibility index (Phi) is 6.14. The molecule has 2 aromatic rings. The molecule has 1 amide bonds. The lowest BCUT2D eigenvalue weighted by atomic mass is 10.1. The molecule has 0 radical (unpaired) electrons. The molecule has 0 aromatic heterocycles. The Labute approximate surface area is 176 Å². The normalized spacial score (nSPS) is 16.6. The zero-order valence-electron chi connectivity index (χ0n) is 15.8. The summed E-state index contributed by atoms with van der Waals surface area (Å²) in [5, 5.41) is 9.75. The van der Waals surface area contributed by atoms with Crippen molar-refractivity contribution >= 4 is 52.2 Å². The average molecular weight is 433 g/mol. The summed E-state index contributed by atoms with van der Waals surface area (Å²) in [6, 6.07) is 9.73. The summed E-state index contributed by atoms with van der Waals surface area (Å²) >= 11 is 7.08. The number of rotatable bonds is 5. The van der Waals surface area contributed by atoms with E-state index in [2.05, 4.69) is 4.99 Å². The Hall–Kier alpha value is -2.97. The zero-order valence-corrected chi connectivity index (χ0v) is 17.4. The van der Waals surface area contributed by atoms with Crippen molar-refractivity contribution in [2.45, 2.75) is 0 Å². The summed E-state index contributed by atoms with van der Waals surface area (Å²) < 4.78 is 10.6. The number of hydrogen-bond acceptors (Lipinski definition) is 6. The number of likely N-dealkylation sites (N-methyl/N-ethyl adjacent to an activating group) is 1. The van der Waals surface area contributed by atoms with Crippen molar-refractivity contribution in [2.75, 3.05) is 21.3 Å². The molecule has 9 heteroatoms. The summed E-state index contributed by atoms with van der Waals surface area (Å²) in [6.07, 6.45) is 1.72. The molecule has 1 saturated heterocycles.